The maximum absolute atomic E-state index is 9.99. The van der Waals surface area contributed by atoms with Crippen molar-refractivity contribution < 1.29 is 9.90 Å². The van der Waals surface area contributed by atoms with E-state index in [9.17, 15) is 4.79 Å². The summed E-state index contributed by atoms with van der Waals surface area (Å²) in [5.74, 6) is -0.865. The molecule has 0 spiro atoms. The standard InChI is InChI=1S/C4H5O2.H2N.Po/c1-3(2)4(5)6;;/h1H,2H3,(H,5,6);1H2;/q;-1;+1. The average molecular weight is 310 g/mol. The van der Waals surface area contributed by atoms with E-state index in [4.69, 9.17) is 8.74 Å². The molecule has 0 atom stereocenters. The van der Waals surface area contributed by atoms with Crippen molar-refractivity contribution in [3.63, 3.8) is 0 Å². The molecule has 8 heavy (non-hydrogen) atoms. The molecule has 0 fully saturated rings. The van der Waals surface area contributed by atoms with E-state index in [1.807, 2.05) is 0 Å². The van der Waals surface area contributed by atoms with Crippen molar-refractivity contribution in [1.29, 1.82) is 0 Å². The number of carboxylic acids is 1. The minimum atomic E-state index is -0.921. The van der Waals surface area contributed by atoms with Gasteiger partial charge in [0.2, 0.25) is 0 Å². The van der Waals surface area contributed by atoms with Gasteiger partial charge >= 0.3 is 59.6 Å². The molecule has 0 aliphatic heterocycles. The van der Waals surface area contributed by atoms with Crippen LogP contribution in [0.2, 0.25) is 0 Å². The predicted octanol–water partition coefficient (Wildman–Crippen LogP) is -0.447. The van der Waals surface area contributed by atoms with Crippen LogP contribution in [0.5, 0.6) is 0 Å². The topological polar surface area (TPSA) is 63.3 Å². The third-order valence-corrected chi connectivity index (χ3v) is 2.49. The number of hydrogen-bond donors (Lipinski definition) is 2. The first-order valence-electron chi connectivity index (χ1n) is 1.94. The summed E-state index contributed by atoms with van der Waals surface area (Å²) in [7, 11) is 0. The second kappa shape index (κ2) is 4.00. The van der Waals surface area contributed by atoms with Crippen LogP contribution >= 0.6 is 0 Å². The first kappa shape index (κ1) is 8.07. The van der Waals surface area contributed by atoms with Crippen LogP contribution in [0.1, 0.15) is 6.92 Å². The first-order valence-corrected chi connectivity index (χ1v) is 5.60. The summed E-state index contributed by atoms with van der Waals surface area (Å²) in [5, 5.41) is 8.22. The Hall–Kier alpha value is 0.0661. The van der Waals surface area contributed by atoms with Gasteiger partial charge in [0, 0.05) is 0 Å². The number of rotatable bonds is 2. The number of carbonyl (C=O) groups is 1. The van der Waals surface area contributed by atoms with Crippen molar-refractivity contribution in [2.45, 2.75) is 6.92 Å². The van der Waals surface area contributed by atoms with Crippen molar-refractivity contribution in [3.05, 3.63) is 9.31 Å². The van der Waals surface area contributed by atoms with Gasteiger partial charge in [-0.25, -0.2) is 0 Å². The zero-order valence-corrected chi connectivity index (χ0v) is 7.59. The van der Waals surface area contributed by atoms with E-state index >= 15 is 0 Å². The second-order valence-corrected chi connectivity index (χ2v) is 3.22. The van der Waals surface area contributed by atoms with Crippen LogP contribution in [0.15, 0.2) is 9.31 Å². The van der Waals surface area contributed by atoms with Gasteiger partial charge in [-0.05, 0) is 0 Å². The number of hydrogen-bond acceptors (Lipinski definition) is 2. The molecule has 3 nitrogen and oxygen atoms in total. The molecule has 0 unspecified atom stereocenters. The Balaban J connectivity index is 3.80. The van der Waals surface area contributed by atoms with Gasteiger partial charge in [0.25, 0.3) is 0 Å². The molecule has 0 rings (SSSR count). The SMILES string of the molecule is CC(=[CH][Po][NH2])C(=O)O. The van der Waals surface area contributed by atoms with E-state index in [1.165, 1.54) is 0 Å². The van der Waals surface area contributed by atoms with Crippen LogP contribution < -0.4 is 3.63 Å². The number of carboxylic acid groups (broad SMARTS) is 1. The third kappa shape index (κ3) is 3.12. The van der Waals surface area contributed by atoms with Gasteiger partial charge in [-0.3, -0.25) is 0 Å². The van der Waals surface area contributed by atoms with Crippen molar-refractivity contribution >= 4 is 29.8 Å². The zero-order valence-electron chi connectivity index (χ0n) is 4.42. The van der Waals surface area contributed by atoms with E-state index in [0.29, 0.717) is 5.57 Å². The Labute approximate surface area is 59.8 Å². The van der Waals surface area contributed by atoms with Crippen molar-refractivity contribution in [2.75, 3.05) is 0 Å². The fraction of sp³-hybridized carbons (Fsp3) is 0.250. The van der Waals surface area contributed by atoms with E-state index < -0.39 is 29.8 Å². The molecule has 0 saturated heterocycles. The molecule has 0 amide bonds. The van der Waals surface area contributed by atoms with Crippen LogP contribution in [-0.4, -0.2) is 34.9 Å². The van der Waals surface area contributed by atoms with Gasteiger partial charge in [0.1, 0.15) is 0 Å². The van der Waals surface area contributed by atoms with E-state index in [-0.39, 0.29) is 0 Å². The number of nitrogens with two attached hydrogens (primary N) is 1. The molecule has 4 heteroatoms. The van der Waals surface area contributed by atoms with Gasteiger partial charge < -0.3 is 0 Å². The summed E-state index contributed by atoms with van der Waals surface area (Å²) in [6.45, 7) is 1.55. The van der Waals surface area contributed by atoms with Crippen LogP contribution in [0.4, 0.5) is 0 Å². The molecule has 0 heterocycles. The molecule has 3 N–H and O–H groups in total. The van der Waals surface area contributed by atoms with Gasteiger partial charge in [0.15, 0.2) is 0 Å². The minimum absolute atomic E-state index is 0.373. The molecule has 0 bridgehead atoms. The molecule has 0 aliphatic rings. The normalized spacial score (nSPS) is 11.5. The van der Waals surface area contributed by atoms with Crippen molar-refractivity contribution in [3.8, 4) is 0 Å². The van der Waals surface area contributed by atoms with Crippen molar-refractivity contribution in [1.82, 2.24) is 0 Å². The summed E-state index contributed by atoms with van der Waals surface area (Å²) in [6.07, 6.45) is 0. The summed E-state index contributed by atoms with van der Waals surface area (Å²) < 4.78 is 6.82. The quantitative estimate of drug-likeness (QED) is 0.679. The Kier molecular flexibility index (Phi) is 4.03. The molecule has 0 aromatic rings. The van der Waals surface area contributed by atoms with Gasteiger partial charge in [0.05, 0.1) is 0 Å². The molecule has 0 saturated carbocycles. The molecule has 46 valence electrons. The fourth-order valence-corrected chi connectivity index (χ4v) is 1.34. The van der Waals surface area contributed by atoms with Gasteiger partial charge in [-0.1, -0.05) is 0 Å². The Morgan fingerprint density at radius 3 is 2.50 bits per heavy atom. The summed E-state index contributed by atoms with van der Waals surface area (Å²) in [6, 6.07) is 0. The molecule has 0 aromatic carbocycles. The van der Waals surface area contributed by atoms with E-state index in [0.717, 1.165) is 0 Å². The van der Waals surface area contributed by atoms with Crippen LogP contribution in [0.25, 0.3) is 0 Å². The summed E-state index contributed by atoms with van der Waals surface area (Å²) in [4.78, 5) is 9.99. The third-order valence-electron chi connectivity index (χ3n) is 0.582. The van der Waals surface area contributed by atoms with Crippen LogP contribution in [-0.2, 0) is 4.79 Å². The summed E-state index contributed by atoms with van der Waals surface area (Å²) in [5.41, 5.74) is 0.373. The Morgan fingerprint density at radius 2 is 2.38 bits per heavy atom. The second-order valence-electron chi connectivity index (χ2n) is 1.24. The average Bonchev–Trinajstić information content (AvgIpc) is 1.67. The molecular formula is C4H7NO2Po. The van der Waals surface area contributed by atoms with Crippen LogP contribution in [0.3, 0.4) is 0 Å². The zero-order chi connectivity index (χ0) is 6.57. The predicted molar refractivity (Wildman–Crippen MR) is 31.3 cm³/mol. The van der Waals surface area contributed by atoms with Gasteiger partial charge in [-0.15, -0.1) is 0 Å². The first-order chi connectivity index (χ1) is 3.68. The number of aliphatic carboxylic acids is 1. The van der Waals surface area contributed by atoms with Crippen molar-refractivity contribution in [2.24, 2.45) is 3.63 Å². The maximum atomic E-state index is 9.99. The molecule has 0 aromatic heterocycles. The fourth-order valence-electron chi connectivity index (χ4n) is 0.152. The molecular weight excluding hydrogens is 303 g/mol. The Morgan fingerprint density at radius 1 is 1.88 bits per heavy atom. The van der Waals surface area contributed by atoms with Gasteiger partial charge in [-0.2, -0.15) is 0 Å². The molecule has 0 radical (unpaired) electrons. The van der Waals surface area contributed by atoms with E-state index in [1.54, 1.807) is 10.7 Å². The Bertz CT molecular complexity index is 121. The van der Waals surface area contributed by atoms with E-state index in [2.05, 4.69) is 0 Å². The van der Waals surface area contributed by atoms with Crippen LogP contribution in [0, 0.1) is 0 Å². The summed E-state index contributed by atoms with van der Waals surface area (Å²) >= 11 is -0.921. The molecule has 0 aliphatic carbocycles. The monoisotopic (exact) mass is 310 g/mol.